The Morgan fingerprint density at radius 1 is 1.38 bits per heavy atom. The van der Waals surface area contributed by atoms with Crippen LogP contribution < -0.4 is 5.73 Å². The van der Waals surface area contributed by atoms with E-state index >= 15 is 0 Å². The molecule has 3 nitrogen and oxygen atoms in total. The van der Waals surface area contributed by atoms with Crippen LogP contribution in [0.2, 0.25) is 0 Å². The normalized spacial score (nSPS) is 10.6. The molecule has 0 unspecified atom stereocenters. The number of benzene rings is 1. The Balaban J connectivity index is 2.24. The highest BCUT2D eigenvalue weighted by Crippen LogP contribution is 2.15. The van der Waals surface area contributed by atoms with Crippen LogP contribution in [0.1, 0.15) is 23.9 Å². The zero-order valence-corrected chi connectivity index (χ0v) is 9.77. The highest BCUT2D eigenvalue weighted by Gasteiger charge is 2.03. The van der Waals surface area contributed by atoms with Gasteiger partial charge in [0.1, 0.15) is 5.82 Å². The highest BCUT2D eigenvalue weighted by molar-refractivity contribution is 5.48. The molecule has 0 fully saturated rings. The molecule has 0 saturated carbocycles. The van der Waals surface area contributed by atoms with Crippen LogP contribution in [-0.4, -0.2) is 9.55 Å². The summed E-state index contributed by atoms with van der Waals surface area (Å²) in [6, 6.07) is 6.20. The summed E-state index contributed by atoms with van der Waals surface area (Å²) in [5, 5.41) is 0. The Kier molecular flexibility index (Phi) is 2.95. The second-order valence-electron chi connectivity index (χ2n) is 4.00. The molecule has 0 saturated heterocycles. The van der Waals surface area contributed by atoms with Crippen LogP contribution in [0.4, 0.5) is 5.69 Å². The quantitative estimate of drug-likeness (QED) is 0.799. The fourth-order valence-electron chi connectivity index (χ4n) is 1.78. The lowest BCUT2D eigenvalue weighted by molar-refractivity contribution is 0.712. The molecule has 0 atom stereocenters. The van der Waals surface area contributed by atoms with Crippen molar-refractivity contribution >= 4 is 5.69 Å². The fraction of sp³-hybridized carbons (Fsp3) is 0.308. The minimum atomic E-state index is 0.839. The first-order chi connectivity index (χ1) is 7.70. The van der Waals surface area contributed by atoms with Crippen LogP contribution in [0, 0.1) is 6.92 Å². The van der Waals surface area contributed by atoms with E-state index in [4.69, 9.17) is 5.73 Å². The number of hydrogen-bond acceptors (Lipinski definition) is 2. The van der Waals surface area contributed by atoms with Gasteiger partial charge < -0.3 is 10.3 Å². The molecule has 2 rings (SSSR count). The molecule has 0 bridgehead atoms. The Labute approximate surface area is 95.9 Å². The van der Waals surface area contributed by atoms with Crippen molar-refractivity contribution in [3.05, 3.63) is 47.5 Å². The first-order valence-corrected chi connectivity index (χ1v) is 5.55. The number of aryl methyl sites for hydroxylation is 2. The van der Waals surface area contributed by atoms with Crippen molar-refractivity contribution < 1.29 is 0 Å². The van der Waals surface area contributed by atoms with Gasteiger partial charge in [0.25, 0.3) is 0 Å². The molecule has 84 valence electrons. The van der Waals surface area contributed by atoms with Crippen LogP contribution in [0.5, 0.6) is 0 Å². The van der Waals surface area contributed by atoms with Crippen LogP contribution >= 0.6 is 0 Å². The molecule has 3 heteroatoms. The number of hydrogen-bond donors (Lipinski definition) is 1. The Hall–Kier alpha value is -1.77. The van der Waals surface area contributed by atoms with E-state index in [-0.39, 0.29) is 0 Å². The number of rotatable bonds is 3. The van der Waals surface area contributed by atoms with Crippen molar-refractivity contribution in [1.29, 1.82) is 0 Å². The molecule has 2 aromatic rings. The van der Waals surface area contributed by atoms with Gasteiger partial charge in [-0.2, -0.15) is 0 Å². The van der Waals surface area contributed by atoms with E-state index in [9.17, 15) is 0 Å². The van der Waals surface area contributed by atoms with E-state index in [0.717, 1.165) is 30.0 Å². The molecule has 0 spiro atoms. The van der Waals surface area contributed by atoms with Crippen molar-refractivity contribution in [2.24, 2.45) is 0 Å². The van der Waals surface area contributed by atoms with E-state index in [2.05, 4.69) is 28.6 Å². The van der Waals surface area contributed by atoms with Crippen LogP contribution in [0.25, 0.3) is 0 Å². The lowest BCUT2D eigenvalue weighted by atomic mass is 10.1. The van der Waals surface area contributed by atoms with Crippen molar-refractivity contribution in [2.75, 3.05) is 5.73 Å². The van der Waals surface area contributed by atoms with E-state index in [1.165, 1.54) is 5.56 Å². The number of nitrogens with zero attached hydrogens (tertiary/aromatic N) is 2. The summed E-state index contributed by atoms with van der Waals surface area (Å²) in [6.07, 6.45) is 4.69. The Morgan fingerprint density at radius 2 is 2.19 bits per heavy atom. The van der Waals surface area contributed by atoms with Gasteiger partial charge in [-0.1, -0.05) is 12.1 Å². The fourth-order valence-corrected chi connectivity index (χ4v) is 1.78. The van der Waals surface area contributed by atoms with E-state index in [1.54, 1.807) is 0 Å². The molecular formula is C13H17N3. The maximum absolute atomic E-state index is 5.89. The van der Waals surface area contributed by atoms with E-state index < -0.39 is 0 Å². The molecule has 0 aliphatic heterocycles. The average molecular weight is 215 g/mol. The first-order valence-electron chi connectivity index (χ1n) is 5.55. The maximum Gasteiger partial charge on any atom is 0.113 e. The third kappa shape index (κ3) is 2.08. The van der Waals surface area contributed by atoms with Gasteiger partial charge in [0, 0.05) is 31.0 Å². The number of aromatic nitrogens is 2. The van der Waals surface area contributed by atoms with Gasteiger partial charge in [0.05, 0.1) is 0 Å². The van der Waals surface area contributed by atoms with Crippen molar-refractivity contribution in [3.8, 4) is 0 Å². The third-order valence-electron chi connectivity index (χ3n) is 2.85. The summed E-state index contributed by atoms with van der Waals surface area (Å²) in [5.74, 6) is 1.09. The molecule has 16 heavy (non-hydrogen) atoms. The van der Waals surface area contributed by atoms with Gasteiger partial charge in [-0.15, -0.1) is 0 Å². The SMILES string of the molecule is CCn1ccnc1Cc1ccc(C)c(N)c1. The number of nitrogens with two attached hydrogens (primary N) is 1. The van der Waals surface area contributed by atoms with Gasteiger partial charge >= 0.3 is 0 Å². The second-order valence-corrected chi connectivity index (χ2v) is 4.00. The van der Waals surface area contributed by atoms with Gasteiger partial charge in [-0.3, -0.25) is 0 Å². The molecule has 0 aliphatic rings. The van der Waals surface area contributed by atoms with E-state index in [0.29, 0.717) is 0 Å². The average Bonchev–Trinajstić information content (AvgIpc) is 2.71. The Bertz CT molecular complexity index is 486. The Morgan fingerprint density at radius 3 is 2.88 bits per heavy atom. The van der Waals surface area contributed by atoms with Gasteiger partial charge in [-0.25, -0.2) is 4.98 Å². The second kappa shape index (κ2) is 4.39. The number of nitrogen functional groups attached to an aromatic ring is 1. The third-order valence-corrected chi connectivity index (χ3v) is 2.85. The summed E-state index contributed by atoms with van der Waals surface area (Å²) in [7, 11) is 0. The maximum atomic E-state index is 5.89. The van der Waals surface area contributed by atoms with Crippen LogP contribution in [0.3, 0.4) is 0 Å². The predicted octanol–water partition coefficient (Wildman–Crippen LogP) is 2.38. The minimum absolute atomic E-state index is 0.839. The molecular weight excluding hydrogens is 198 g/mol. The summed E-state index contributed by atoms with van der Waals surface area (Å²) in [4.78, 5) is 4.36. The molecule has 0 radical (unpaired) electrons. The molecule has 1 aromatic carbocycles. The molecule has 2 N–H and O–H groups in total. The lowest BCUT2D eigenvalue weighted by Gasteiger charge is -2.06. The zero-order valence-electron chi connectivity index (χ0n) is 9.77. The predicted molar refractivity (Wildman–Crippen MR) is 66.3 cm³/mol. The minimum Gasteiger partial charge on any atom is -0.399 e. The summed E-state index contributed by atoms with van der Waals surface area (Å²) < 4.78 is 2.15. The smallest absolute Gasteiger partial charge is 0.113 e. The van der Waals surface area contributed by atoms with Crippen molar-refractivity contribution in [2.45, 2.75) is 26.8 Å². The van der Waals surface area contributed by atoms with E-state index in [1.807, 2.05) is 25.4 Å². The van der Waals surface area contributed by atoms with Crippen molar-refractivity contribution in [3.63, 3.8) is 0 Å². The van der Waals surface area contributed by atoms with Gasteiger partial charge in [-0.05, 0) is 31.0 Å². The van der Waals surface area contributed by atoms with Crippen LogP contribution in [-0.2, 0) is 13.0 Å². The largest absolute Gasteiger partial charge is 0.399 e. The summed E-state index contributed by atoms with van der Waals surface area (Å²) >= 11 is 0. The zero-order chi connectivity index (χ0) is 11.5. The van der Waals surface area contributed by atoms with Gasteiger partial charge in [0.2, 0.25) is 0 Å². The van der Waals surface area contributed by atoms with Crippen molar-refractivity contribution in [1.82, 2.24) is 9.55 Å². The summed E-state index contributed by atoms with van der Waals surface area (Å²) in [5.41, 5.74) is 9.09. The lowest BCUT2D eigenvalue weighted by Crippen LogP contribution is -2.02. The number of imidazole rings is 1. The number of anilines is 1. The van der Waals surface area contributed by atoms with Gasteiger partial charge in [0.15, 0.2) is 0 Å². The molecule has 1 aromatic heterocycles. The van der Waals surface area contributed by atoms with Crippen LogP contribution in [0.15, 0.2) is 30.6 Å². The monoisotopic (exact) mass is 215 g/mol. The molecule has 0 amide bonds. The molecule has 0 aliphatic carbocycles. The molecule has 1 heterocycles. The highest BCUT2D eigenvalue weighted by atomic mass is 15.0. The topological polar surface area (TPSA) is 43.8 Å². The summed E-state index contributed by atoms with van der Waals surface area (Å²) in [6.45, 7) is 5.09. The first kappa shape index (κ1) is 10.7. The standard InChI is InChI=1S/C13H17N3/c1-3-16-7-6-15-13(16)9-11-5-4-10(2)12(14)8-11/h4-8H,3,9,14H2,1-2H3.